The largest absolute Gasteiger partial charge is 0.489 e. The molecule has 7 rings (SSSR count). The van der Waals surface area contributed by atoms with Gasteiger partial charge in [-0.15, -0.1) is 0 Å². The van der Waals surface area contributed by atoms with Gasteiger partial charge in [0.25, 0.3) is 0 Å². The maximum Gasteiger partial charge on any atom is 0.138 e. The van der Waals surface area contributed by atoms with Crippen LogP contribution in [0.1, 0.15) is 29.7 Å². The Balaban J connectivity index is 1.25. The lowest BCUT2D eigenvalue weighted by atomic mass is 10.00. The molecule has 5 N–H and O–H groups in total. The van der Waals surface area contributed by atoms with Gasteiger partial charge in [-0.1, -0.05) is 6.08 Å². The summed E-state index contributed by atoms with van der Waals surface area (Å²) in [7, 11) is 0. The first kappa shape index (κ1) is 22.6. The van der Waals surface area contributed by atoms with Crippen molar-refractivity contribution in [2.75, 3.05) is 13.1 Å². The fourth-order valence-corrected chi connectivity index (χ4v) is 5.19. The van der Waals surface area contributed by atoms with Gasteiger partial charge < -0.3 is 25.2 Å². The van der Waals surface area contributed by atoms with Crippen LogP contribution in [-0.4, -0.2) is 44.3 Å². The van der Waals surface area contributed by atoms with Gasteiger partial charge in [-0.25, -0.2) is 4.98 Å². The van der Waals surface area contributed by atoms with Gasteiger partial charge in [-0.2, -0.15) is 5.10 Å². The Kier molecular flexibility index (Phi) is 5.55. The third-order valence-electron chi connectivity index (χ3n) is 7.13. The Bertz CT molecular complexity index is 1670. The lowest BCUT2D eigenvalue weighted by Crippen LogP contribution is -2.34. The summed E-state index contributed by atoms with van der Waals surface area (Å²) in [5.41, 5.74) is 16.1. The average molecular weight is 506 g/mol. The lowest BCUT2D eigenvalue weighted by molar-refractivity contribution is 0.162. The molecule has 0 bridgehead atoms. The van der Waals surface area contributed by atoms with E-state index in [0.717, 1.165) is 93.5 Å². The van der Waals surface area contributed by atoms with E-state index in [-0.39, 0.29) is 6.10 Å². The smallest absolute Gasteiger partial charge is 0.138 e. The summed E-state index contributed by atoms with van der Waals surface area (Å²) in [4.78, 5) is 13.0. The van der Waals surface area contributed by atoms with Crippen molar-refractivity contribution in [1.29, 1.82) is 0 Å². The predicted octanol–water partition coefficient (Wildman–Crippen LogP) is 4.57. The molecule has 190 valence electrons. The molecule has 1 saturated heterocycles. The number of furan rings is 1. The molecule has 0 amide bonds. The van der Waals surface area contributed by atoms with Crippen LogP contribution in [-0.2, 0) is 6.42 Å². The number of hydrogen-bond donors (Lipinski definition) is 4. The van der Waals surface area contributed by atoms with Crippen molar-refractivity contribution >= 4 is 16.6 Å². The van der Waals surface area contributed by atoms with Gasteiger partial charge in [0.1, 0.15) is 23.1 Å². The van der Waals surface area contributed by atoms with Crippen molar-refractivity contribution in [2.45, 2.75) is 25.4 Å². The molecule has 9 heteroatoms. The molecule has 0 spiro atoms. The van der Waals surface area contributed by atoms with E-state index < -0.39 is 0 Å². The number of nitrogens with two attached hydrogens (primary N) is 1. The van der Waals surface area contributed by atoms with E-state index in [1.54, 1.807) is 18.7 Å². The van der Waals surface area contributed by atoms with E-state index in [1.165, 1.54) is 0 Å². The number of aromatic amines is 2. The molecular formula is C29H27N7O2. The molecule has 0 aromatic carbocycles. The Morgan fingerprint density at radius 2 is 1.95 bits per heavy atom. The summed E-state index contributed by atoms with van der Waals surface area (Å²) in [6.07, 6.45) is 13.8. The highest BCUT2D eigenvalue weighted by Crippen LogP contribution is 2.35. The maximum absolute atomic E-state index is 6.26. The molecule has 38 heavy (non-hydrogen) atoms. The molecular weight excluding hydrogens is 478 g/mol. The van der Waals surface area contributed by atoms with Crippen molar-refractivity contribution in [3.63, 3.8) is 0 Å². The van der Waals surface area contributed by atoms with Crippen molar-refractivity contribution in [2.24, 2.45) is 5.73 Å². The molecule has 5 aromatic rings. The highest BCUT2D eigenvalue weighted by atomic mass is 16.5. The van der Waals surface area contributed by atoms with Gasteiger partial charge in [-0.05, 0) is 67.9 Å². The quantitative estimate of drug-likeness (QED) is 0.275. The average Bonchev–Trinajstić information content (AvgIpc) is 3.69. The van der Waals surface area contributed by atoms with Crippen LogP contribution < -0.4 is 15.8 Å². The number of allylic oxidation sites excluding steroid dienone is 3. The van der Waals surface area contributed by atoms with Crippen molar-refractivity contribution in [3.8, 4) is 28.4 Å². The van der Waals surface area contributed by atoms with Crippen LogP contribution in [0.4, 0.5) is 0 Å². The van der Waals surface area contributed by atoms with Crippen molar-refractivity contribution < 1.29 is 9.15 Å². The third kappa shape index (κ3) is 4.16. The lowest BCUT2D eigenvalue weighted by Gasteiger charge is -2.23. The molecule has 0 atom stereocenters. The zero-order valence-corrected chi connectivity index (χ0v) is 20.7. The van der Waals surface area contributed by atoms with E-state index >= 15 is 0 Å². The number of pyridine rings is 2. The molecule has 0 saturated carbocycles. The third-order valence-corrected chi connectivity index (χ3v) is 7.13. The van der Waals surface area contributed by atoms with E-state index in [2.05, 4.69) is 31.5 Å². The van der Waals surface area contributed by atoms with Crippen LogP contribution in [0.2, 0.25) is 0 Å². The summed E-state index contributed by atoms with van der Waals surface area (Å²) in [5, 5.41) is 11.1. The van der Waals surface area contributed by atoms with Gasteiger partial charge in [0.2, 0.25) is 0 Å². The number of fused-ring (bicyclic) bond motifs is 2. The monoisotopic (exact) mass is 505 g/mol. The van der Waals surface area contributed by atoms with Gasteiger partial charge in [0.05, 0.1) is 35.6 Å². The fourth-order valence-electron chi connectivity index (χ4n) is 5.19. The number of H-pyrrole nitrogens is 2. The molecule has 9 nitrogen and oxygen atoms in total. The van der Waals surface area contributed by atoms with Crippen LogP contribution in [0.5, 0.6) is 5.75 Å². The van der Waals surface area contributed by atoms with E-state index in [0.29, 0.717) is 6.42 Å². The summed E-state index contributed by atoms with van der Waals surface area (Å²) in [6, 6.07) is 10.0. The fraction of sp³-hybridized carbons (Fsp3) is 0.207. The van der Waals surface area contributed by atoms with Gasteiger partial charge in [0, 0.05) is 40.7 Å². The Morgan fingerprint density at radius 3 is 2.82 bits per heavy atom. The van der Waals surface area contributed by atoms with Crippen LogP contribution in [0, 0.1) is 0 Å². The SMILES string of the molecule is NC1=CC=C(c2ccoc2)c2cc(-c3n[nH]c4ccc(-c5cncc(OC6CCNCC6)c5)nc34)[nH]c2C1. The van der Waals surface area contributed by atoms with Crippen molar-refractivity contribution in [1.82, 2.24) is 30.5 Å². The van der Waals surface area contributed by atoms with Gasteiger partial charge in [-0.3, -0.25) is 10.1 Å². The molecule has 1 aliphatic carbocycles. The van der Waals surface area contributed by atoms with Gasteiger partial charge >= 0.3 is 0 Å². The second kappa shape index (κ2) is 9.35. The number of nitrogens with zero attached hydrogens (tertiary/aromatic N) is 3. The topological polar surface area (TPSA) is 131 Å². The minimum absolute atomic E-state index is 0.206. The normalized spacial score (nSPS) is 16.1. The second-order valence-electron chi connectivity index (χ2n) is 9.73. The molecule has 5 aromatic heterocycles. The molecule has 0 radical (unpaired) electrons. The van der Waals surface area contributed by atoms with E-state index in [1.807, 2.05) is 42.6 Å². The molecule has 1 aliphatic heterocycles. The summed E-state index contributed by atoms with van der Waals surface area (Å²) in [6.45, 7) is 1.95. The maximum atomic E-state index is 6.26. The number of rotatable bonds is 5. The molecule has 2 aliphatic rings. The summed E-state index contributed by atoms with van der Waals surface area (Å²) < 4.78 is 11.6. The summed E-state index contributed by atoms with van der Waals surface area (Å²) in [5.74, 6) is 0.765. The zero-order chi connectivity index (χ0) is 25.5. The Morgan fingerprint density at radius 1 is 1.03 bits per heavy atom. The predicted molar refractivity (Wildman–Crippen MR) is 145 cm³/mol. The van der Waals surface area contributed by atoms with Gasteiger partial charge in [0.15, 0.2) is 0 Å². The van der Waals surface area contributed by atoms with Crippen molar-refractivity contribution in [3.05, 3.63) is 89.9 Å². The number of ether oxygens (including phenoxy) is 1. The first-order valence-electron chi connectivity index (χ1n) is 12.8. The first-order valence-corrected chi connectivity index (χ1v) is 12.8. The summed E-state index contributed by atoms with van der Waals surface area (Å²) >= 11 is 0. The van der Waals surface area contributed by atoms with Crippen LogP contribution in [0.3, 0.4) is 0 Å². The number of piperidine rings is 1. The molecule has 1 fully saturated rings. The Hall–Kier alpha value is -4.63. The van der Waals surface area contributed by atoms with E-state index in [4.69, 9.17) is 19.9 Å². The standard InChI is InChI=1S/C29H27N7O2/c30-19-1-2-22(17-7-10-37-16-17)23-13-27(33-26(23)12-19)29-28-25(35-36-29)4-3-24(34-28)18-11-21(15-32-14-18)38-20-5-8-31-9-6-20/h1-4,7,10-11,13-16,20,31,33H,5-6,8-9,12,30H2,(H,35,36). The van der Waals surface area contributed by atoms with Crippen LogP contribution in [0.25, 0.3) is 39.3 Å². The molecule has 0 unspecified atom stereocenters. The highest BCUT2D eigenvalue weighted by molar-refractivity contribution is 5.92. The second-order valence-corrected chi connectivity index (χ2v) is 9.73. The minimum Gasteiger partial charge on any atom is -0.489 e. The molecule has 6 heterocycles. The minimum atomic E-state index is 0.206. The van der Waals surface area contributed by atoms with Crippen LogP contribution in [0.15, 0.2) is 77.5 Å². The van der Waals surface area contributed by atoms with Crippen LogP contribution >= 0.6 is 0 Å². The van der Waals surface area contributed by atoms with E-state index in [9.17, 15) is 0 Å². The Labute approximate surface area is 218 Å². The first-order chi connectivity index (χ1) is 18.7. The number of nitrogens with one attached hydrogen (secondary N) is 3. The highest BCUT2D eigenvalue weighted by Gasteiger charge is 2.21. The number of hydrogen-bond acceptors (Lipinski definition) is 7. The number of aromatic nitrogens is 5. The zero-order valence-electron chi connectivity index (χ0n) is 20.7.